The van der Waals surface area contributed by atoms with Gasteiger partial charge in [-0.15, -0.1) is 0 Å². The number of rotatable bonds is 3. The van der Waals surface area contributed by atoms with Crippen LogP contribution in [0, 0.1) is 0 Å². The normalized spacial score (nSPS) is 8.14. The van der Waals surface area contributed by atoms with Crippen LogP contribution in [0.4, 0.5) is 0 Å². The molecule has 0 aromatic heterocycles. The van der Waals surface area contributed by atoms with Crippen molar-refractivity contribution in [1.82, 2.24) is 0 Å². The first kappa shape index (κ1) is 6.82. The van der Waals surface area contributed by atoms with Crippen molar-refractivity contribution in [3.8, 4) is 0 Å². The van der Waals surface area contributed by atoms with E-state index in [0.717, 1.165) is 0 Å². The Labute approximate surface area is 50.0 Å². The van der Waals surface area contributed by atoms with E-state index >= 15 is 0 Å². The first-order valence-corrected chi connectivity index (χ1v) is 2.86. The van der Waals surface area contributed by atoms with Gasteiger partial charge in [-0.05, 0) is 0 Å². The molecule has 0 atom stereocenters. The number of halogens is 1. The van der Waals surface area contributed by atoms with Gasteiger partial charge >= 0.3 is 0 Å². The molecular weight excluding hydrogens is 160 g/mol. The van der Waals surface area contributed by atoms with Crippen LogP contribution >= 0.6 is 15.9 Å². The second kappa shape index (κ2) is 3.99. The highest BCUT2D eigenvalue weighted by molar-refractivity contribution is 9.09. The third-order valence-corrected chi connectivity index (χ3v) is 1.04. The number of hydrogen-bond acceptors (Lipinski definition) is 2. The lowest BCUT2D eigenvalue weighted by Gasteiger charge is -1.78. The van der Waals surface area contributed by atoms with E-state index in [0.29, 0.717) is 0 Å². The fourth-order valence-electron chi connectivity index (χ4n) is 0.128. The minimum Gasteiger partial charge on any atom is -0.298 e. The van der Waals surface area contributed by atoms with Crippen LogP contribution in [0.2, 0.25) is 0 Å². The zero-order valence-electron chi connectivity index (χ0n) is 3.61. The Morgan fingerprint density at radius 3 is 2.43 bits per heavy atom. The zero-order chi connectivity index (χ0) is 5.70. The lowest BCUT2D eigenvalue weighted by molar-refractivity contribution is -0.115. The molecule has 0 aliphatic carbocycles. The van der Waals surface area contributed by atoms with Crippen LogP contribution in [-0.2, 0) is 9.59 Å². The Morgan fingerprint density at radius 1 is 1.71 bits per heavy atom. The molecule has 0 amide bonds. The van der Waals surface area contributed by atoms with Crippen LogP contribution in [0.15, 0.2) is 0 Å². The lowest BCUT2D eigenvalue weighted by atomic mass is 10.3. The first-order valence-electron chi connectivity index (χ1n) is 1.74. The molecule has 0 saturated heterocycles. The third kappa shape index (κ3) is 3.66. The van der Waals surface area contributed by atoms with E-state index in [-0.39, 0.29) is 17.5 Å². The molecule has 0 heterocycles. The van der Waals surface area contributed by atoms with E-state index in [4.69, 9.17) is 0 Å². The van der Waals surface area contributed by atoms with E-state index in [1.807, 2.05) is 0 Å². The number of Topliss-reactive ketones (excluding diaryl/α,β-unsaturated/α-hetero) is 1. The quantitative estimate of drug-likeness (QED) is 0.448. The summed E-state index contributed by atoms with van der Waals surface area (Å²) in [4.78, 5) is 19.5. The van der Waals surface area contributed by atoms with Crippen molar-refractivity contribution in [3.05, 3.63) is 0 Å². The topological polar surface area (TPSA) is 34.1 Å². The molecule has 0 N–H and O–H groups in total. The zero-order valence-corrected chi connectivity index (χ0v) is 5.19. The lowest BCUT2D eigenvalue weighted by Crippen LogP contribution is -1.97. The second-order valence-electron chi connectivity index (χ2n) is 0.993. The van der Waals surface area contributed by atoms with Crippen molar-refractivity contribution in [3.63, 3.8) is 0 Å². The van der Waals surface area contributed by atoms with Gasteiger partial charge in [0.25, 0.3) is 0 Å². The van der Waals surface area contributed by atoms with Crippen molar-refractivity contribution in [2.75, 3.05) is 5.33 Å². The van der Waals surface area contributed by atoms with Gasteiger partial charge < -0.3 is 0 Å². The van der Waals surface area contributed by atoms with Crippen LogP contribution in [0.25, 0.3) is 0 Å². The van der Waals surface area contributed by atoms with E-state index in [2.05, 4.69) is 15.9 Å². The predicted octanol–water partition coefficient (Wildman–Crippen LogP) is 0.450. The predicted molar refractivity (Wildman–Crippen MR) is 29.1 cm³/mol. The second-order valence-corrected chi connectivity index (χ2v) is 1.55. The third-order valence-electron chi connectivity index (χ3n) is 0.418. The molecule has 2 nitrogen and oxygen atoms in total. The summed E-state index contributed by atoms with van der Waals surface area (Å²) >= 11 is 2.89. The highest BCUT2D eigenvalue weighted by Gasteiger charge is 1.94. The Bertz CT molecular complexity index is 79.8. The monoisotopic (exact) mass is 163 g/mol. The summed E-state index contributed by atoms with van der Waals surface area (Å²) in [7, 11) is 0. The molecule has 0 aliphatic heterocycles. The fraction of sp³-hybridized carbons (Fsp3) is 0.500. The van der Waals surface area contributed by atoms with Gasteiger partial charge in [-0.2, -0.15) is 0 Å². The van der Waals surface area contributed by atoms with Gasteiger partial charge in [0, 0.05) is 0 Å². The maximum absolute atomic E-state index is 10.1. The number of alkyl halides is 1. The average Bonchev–Trinajstić information content (AvgIpc) is 1.68. The maximum Gasteiger partial charge on any atom is 0.206 e. The molecule has 3 heteroatoms. The number of hydrogen-bond donors (Lipinski definition) is 0. The van der Waals surface area contributed by atoms with Crippen molar-refractivity contribution >= 4 is 28.0 Å². The van der Waals surface area contributed by atoms with E-state index in [9.17, 15) is 9.59 Å². The standard InChI is InChI=1S/C4H4BrO2/c5-3-4(7)1-2-6/h1,3H2. The number of carbonyl (C=O) groups is 1. The molecule has 0 bridgehead atoms. The summed E-state index contributed by atoms with van der Waals surface area (Å²) in [6, 6.07) is 0. The largest absolute Gasteiger partial charge is 0.298 e. The highest BCUT2D eigenvalue weighted by Crippen LogP contribution is 1.83. The molecule has 0 aliphatic rings. The summed E-state index contributed by atoms with van der Waals surface area (Å²) in [5.74, 6) is -0.130. The molecule has 39 valence electrons. The summed E-state index contributed by atoms with van der Waals surface area (Å²) in [6.07, 6.45) is 1.40. The van der Waals surface area contributed by atoms with Gasteiger partial charge in [-0.1, -0.05) is 15.9 Å². The molecule has 0 saturated carbocycles. The molecule has 0 rings (SSSR count). The molecule has 0 unspecified atom stereocenters. The first-order chi connectivity index (χ1) is 3.31. The van der Waals surface area contributed by atoms with Gasteiger partial charge in [-0.3, -0.25) is 9.59 Å². The van der Waals surface area contributed by atoms with Gasteiger partial charge in [-0.25, -0.2) is 0 Å². The summed E-state index contributed by atoms with van der Waals surface area (Å²) in [6.45, 7) is 0. The van der Waals surface area contributed by atoms with Gasteiger partial charge in [0.1, 0.15) is 0 Å². The molecular formula is C4H4BrO2. The molecule has 0 spiro atoms. The van der Waals surface area contributed by atoms with Crippen molar-refractivity contribution < 1.29 is 9.59 Å². The fourth-order valence-corrected chi connectivity index (χ4v) is 0.326. The molecule has 7 heavy (non-hydrogen) atoms. The van der Waals surface area contributed by atoms with Crippen molar-refractivity contribution in [1.29, 1.82) is 0 Å². The van der Waals surface area contributed by atoms with Crippen LogP contribution in [0.3, 0.4) is 0 Å². The van der Waals surface area contributed by atoms with Crippen molar-refractivity contribution in [2.45, 2.75) is 6.42 Å². The van der Waals surface area contributed by atoms with Crippen LogP contribution in [-0.4, -0.2) is 17.4 Å². The molecule has 1 radical (unpaired) electrons. The van der Waals surface area contributed by atoms with E-state index < -0.39 is 0 Å². The minimum absolute atomic E-state index is 0.0920. The Morgan fingerprint density at radius 2 is 2.29 bits per heavy atom. The molecule has 0 aromatic carbocycles. The van der Waals surface area contributed by atoms with Crippen LogP contribution < -0.4 is 0 Å². The smallest absolute Gasteiger partial charge is 0.206 e. The summed E-state index contributed by atoms with van der Waals surface area (Å²) in [5, 5.41) is 0.252. The van der Waals surface area contributed by atoms with Gasteiger partial charge in [0.05, 0.1) is 11.8 Å². The van der Waals surface area contributed by atoms with E-state index in [1.54, 1.807) is 0 Å². The molecule has 0 aromatic rings. The molecule has 0 fully saturated rings. The average molecular weight is 164 g/mol. The van der Waals surface area contributed by atoms with Crippen LogP contribution in [0.1, 0.15) is 6.42 Å². The maximum atomic E-state index is 10.1. The highest BCUT2D eigenvalue weighted by atomic mass is 79.9. The van der Waals surface area contributed by atoms with Crippen LogP contribution in [0.5, 0.6) is 0 Å². The number of ketones is 1. The number of carbonyl (C=O) groups excluding carboxylic acids is 2. The van der Waals surface area contributed by atoms with Gasteiger partial charge in [0.2, 0.25) is 6.29 Å². The Hall–Kier alpha value is -0.180. The van der Waals surface area contributed by atoms with E-state index in [1.165, 1.54) is 6.29 Å². The van der Waals surface area contributed by atoms with Gasteiger partial charge in [0.15, 0.2) is 5.78 Å². The summed E-state index contributed by atoms with van der Waals surface area (Å²) < 4.78 is 0. The Balaban J connectivity index is 3.17. The summed E-state index contributed by atoms with van der Waals surface area (Å²) in [5.41, 5.74) is 0. The van der Waals surface area contributed by atoms with Crippen molar-refractivity contribution in [2.24, 2.45) is 0 Å². The SMILES string of the molecule is O=[C]CC(=O)CBr. The Kier molecular flexibility index (Phi) is 3.89. The minimum atomic E-state index is -0.130.